The minimum atomic E-state index is -0.651. The van der Waals surface area contributed by atoms with Crippen molar-refractivity contribution in [1.82, 2.24) is 4.98 Å². The molecule has 0 fully saturated rings. The Morgan fingerprint density at radius 3 is 2.58 bits per heavy atom. The fourth-order valence-corrected chi connectivity index (χ4v) is 4.41. The summed E-state index contributed by atoms with van der Waals surface area (Å²) in [6.45, 7) is 0. The van der Waals surface area contributed by atoms with Gasteiger partial charge in [-0.05, 0) is 42.0 Å². The smallest absolute Gasteiger partial charge is 0.238 e. The maximum absolute atomic E-state index is 14.8. The predicted molar refractivity (Wildman–Crippen MR) is 123 cm³/mol. The summed E-state index contributed by atoms with van der Waals surface area (Å²) in [5.41, 5.74) is 1.69. The molecule has 0 aliphatic heterocycles. The lowest BCUT2D eigenvalue weighted by atomic mass is 10.0. The number of Topliss-reactive ketones (excluding diaryl/α,β-unsaturated/α-hetero) is 1. The van der Waals surface area contributed by atoms with E-state index in [-0.39, 0.29) is 35.1 Å². The number of pyridine rings is 1. The van der Waals surface area contributed by atoms with E-state index in [2.05, 4.69) is 4.98 Å². The maximum atomic E-state index is 14.8. The van der Waals surface area contributed by atoms with E-state index in [4.69, 9.17) is 9.15 Å². The van der Waals surface area contributed by atoms with Gasteiger partial charge in [-0.3, -0.25) is 14.6 Å². The molecule has 2 aromatic carbocycles. The number of thiophene rings is 1. The van der Waals surface area contributed by atoms with Gasteiger partial charge in [-0.2, -0.15) is 0 Å². The van der Waals surface area contributed by atoms with Crippen molar-refractivity contribution < 1.29 is 23.1 Å². The van der Waals surface area contributed by atoms with Gasteiger partial charge < -0.3 is 9.15 Å². The number of rotatable bonds is 7. The molecular weight excluding hydrogens is 441 g/mol. The zero-order valence-corrected chi connectivity index (χ0v) is 18.0. The molecule has 5 nitrogen and oxygen atoms in total. The van der Waals surface area contributed by atoms with Crippen LogP contribution in [0.3, 0.4) is 0 Å². The van der Waals surface area contributed by atoms with E-state index in [0.717, 1.165) is 5.56 Å². The Kier molecular flexibility index (Phi) is 5.54. The van der Waals surface area contributed by atoms with Gasteiger partial charge in [0.1, 0.15) is 5.75 Å². The summed E-state index contributed by atoms with van der Waals surface area (Å²) < 4.78 is 26.4. The van der Waals surface area contributed by atoms with Crippen molar-refractivity contribution in [3.05, 3.63) is 113 Å². The number of furan rings is 1. The van der Waals surface area contributed by atoms with Gasteiger partial charge in [-0.15, -0.1) is 11.3 Å². The van der Waals surface area contributed by atoms with Crippen LogP contribution in [-0.2, 0) is 6.42 Å². The summed E-state index contributed by atoms with van der Waals surface area (Å²) in [6.07, 6.45) is 3.15. The van der Waals surface area contributed by atoms with E-state index >= 15 is 0 Å². The van der Waals surface area contributed by atoms with Crippen molar-refractivity contribution in [1.29, 1.82) is 0 Å². The fraction of sp³-hybridized carbons (Fsp3) is 0.0385. The standard InChI is InChI=1S/C26H16FNO4S/c27-18-14-17(20(29)13-16-5-2-1-3-6-16)8-9-21(18)32-23-10-11-28-19-15-24(33-26(19)23)25(30)22-7-4-12-31-22/h1-12,14-15H,13H2. The predicted octanol–water partition coefficient (Wildman–Crippen LogP) is 6.48. The van der Waals surface area contributed by atoms with E-state index in [1.807, 2.05) is 30.3 Å². The molecule has 162 valence electrons. The number of benzene rings is 2. The average Bonchev–Trinajstić information content (AvgIpc) is 3.51. The Bertz CT molecular complexity index is 1460. The van der Waals surface area contributed by atoms with Gasteiger partial charge in [0.05, 0.1) is 21.4 Å². The van der Waals surface area contributed by atoms with E-state index < -0.39 is 5.82 Å². The van der Waals surface area contributed by atoms with Crippen LogP contribution >= 0.6 is 11.3 Å². The van der Waals surface area contributed by atoms with Crippen molar-refractivity contribution in [2.45, 2.75) is 6.42 Å². The van der Waals surface area contributed by atoms with E-state index in [1.165, 1.54) is 35.9 Å². The molecule has 0 saturated heterocycles. The third kappa shape index (κ3) is 4.31. The number of carbonyl (C=O) groups is 2. The van der Waals surface area contributed by atoms with Crippen LogP contribution < -0.4 is 4.74 Å². The van der Waals surface area contributed by atoms with Gasteiger partial charge in [0.2, 0.25) is 5.78 Å². The van der Waals surface area contributed by atoms with E-state index in [9.17, 15) is 14.0 Å². The molecule has 0 aliphatic rings. The third-order valence-electron chi connectivity index (χ3n) is 5.03. The number of ketones is 2. The molecule has 7 heteroatoms. The molecule has 0 saturated carbocycles. The van der Waals surface area contributed by atoms with Crippen LogP contribution in [0.15, 0.2) is 89.7 Å². The summed E-state index contributed by atoms with van der Waals surface area (Å²) >= 11 is 1.19. The number of hydrogen-bond acceptors (Lipinski definition) is 6. The van der Waals surface area contributed by atoms with Crippen LogP contribution in [0.2, 0.25) is 0 Å². The summed E-state index contributed by atoms with van der Waals surface area (Å²) in [6, 6.07) is 19.9. The van der Waals surface area contributed by atoms with Crippen LogP contribution in [0.25, 0.3) is 10.2 Å². The quantitative estimate of drug-likeness (QED) is 0.262. The summed E-state index contributed by atoms with van der Waals surface area (Å²) in [5.74, 6) is -0.524. The molecule has 5 rings (SSSR count). The second-order valence-electron chi connectivity index (χ2n) is 7.27. The lowest BCUT2D eigenvalue weighted by molar-refractivity contribution is 0.0990. The molecular formula is C26H16FNO4S. The van der Waals surface area contributed by atoms with Crippen LogP contribution in [0.4, 0.5) is 4.39 Å². The van der Waals surface area contributed by atoms with Gasteiger partial charge in [0, 0.05) is 24.2 Å². The van der Waals surface area contributed by atoms with E-state index in [1.54, 1.807) is 30.3 Å². The number of hydrogen-bond donors (Lipinski definition) is 0. The number of halogens is 1. The molecule has 0 atom stereocenters. The second-order valence-corrected chi connectivity index (χ2v) is 8.33. The normalized spacial score (nSPS) is 10.9. The first-order valence-corrected chi connectivity index (χ1v) is 10.9. The second kappa shape index (κ2) is 8.80. The summed E-state index contributed by atoms with van der Waals surface area (Å²) in [4.78, 5) is 29.8. The SMILES string of the molecule is O=C(Cc1ccccc1)c1ccc(Oc2ccnc3cc(C(=O)c4ccco4)sc23)c(F)c1. The molecule has 0 radical (unpaired) electrons. The molecule has 3 heterocycles. The topological polar surface area (TPSA) is 69.4 Å². The van der Waals surface area contributed by atoms with Crippen LogP contribution in [-0.4, -0.2) is 16.6 Å². The summed E-state index contributed by atoms with van der Waals surface area (Å²) in [5, 5.41) is 0. The molecule has 33 heavy (non-hydrogen) atoms. The third-order valence-corrected chi connectivity index (χ3v) is 6.16. The van der Waals surface area contributed by atoms with Gasteiger partial charge in [0.15, 0.2) is 23.1 Å². The lowest BCUT2D eigenvalue weighted by Gasteiger charge is -2.09. The first-order valence-electron chi connectivity index (χ1n) is 10.1. The highest BCUT2D eigenvalue weighted by molar-refractivity contribution is 7.21. The largest absolute Gasteiger partial charge is 0.461 e. The molecule has 5 aromatic rings. The van der Waals surface area contributed by atoms with Gasteiger partial charge >= 0.3 is 0 Å². The average molecular weight is 457 g/mol. The molecule has 0 bridgehead atoms. The Morgan fingerprint density at radius 2 is 1.82 bits per heavy atom. The highest BCUT2D eigenvalue weighted by Gasteiger charge is 2.19. The molecule has 0 N–H and O–H groups in total. The summed E-state index contributed by atoms with van der Waals surface area (Å²) in [7, 11) is 0. The Balaban J connectivity index is 1.39. The number of nitrogens with zero attached hydrogens (tertiary/aromatic N) is 1. The first kappa shape index (κ1) is 20.8. The number of fused-ring (bicyclic) bond motifs is 1. The highest BCUT2D eigenvalue weighted by atomic mass is 32.1. The molecule has 0 spiro atoms. The lowest BCUT2D eigenvalue weighted by Crippen LogP contribution is -2.04. The van der Waals surface area contributed by atoms with Gasteiger partial charge in [-0.1, -0.05) is 30.3 Å². The van der Waals surface area contributed by atoms with Crippen molar-refractivity contribution in [2.24, 2.45) is 0 Å². The van der Waals surface area contributed by atoms with Crippen molar-refractivity contribution in [3.63, 3.8) is 0 Å². The Hall–Kier alpha value is -4.10. The number of carbonyl (C=O) groups excluding carboxylic acids is 2. The molecule has 0 aliphatic carbocycles. The zero-order chi connectivity index (χ0) is 22.8. The van der Waals surface area contributed by atoms with Crippen molar-refractivity contribution in [2.75, 3.05) is 0 Å². The number of ether oxygens (including phenoxy) is 1. The molecule has 0 amide bonds. The van der Waals surface area contributed by atoms with Gasteiger partial charge in [0.25, 0.3) is 0 Å². The minimum Gasteiger partial charge on any atom is -0.461 e. The monoisotopic (exact) mass is 457 g/mol. The Labute approximate surface area is 192 Å². The first-order chi connectivity index (χ1) is 16.1. The van der Waals surface area contributed by atoms with Crippen LogP contribution in [0, 0.1) is 5.82 Å². The van der Waals surface area contributed by atoms with Crippen LogP contribution in [0.5, 0.6) is 11.5 Å². The van der Waals surface area contributed by atoms with Crippen molar-refractivity contribution in [3.8, 4) is 11.5 Å². The van der Waals surface area contributed by atoms with Gasteiger partial charge in [-0.25, -0.2) is 4.39 Å². The molecule has 0 unspecified atom stereocenters. The maximum Gasteiger partial charge on any atom is 0.238 e. The fourth-order valence-electron chi connectivity index (χ4n) is 3.40. The van der Waals surface area contributed by atoms with Crippen LogP contribution in [0.1, 0.15) is 31.4 Å². The highest BCUT2D eigenvalue weighted by Crippen LogP contribution is 2.36. The number of aromatic nitrogens is 1. The minimum absolute atomic E-state index is 0.0222. The Morgan fingerprint density at radius 1 is 0.970 bits per heavy atom. The van der Waals surface area contributed by atoms with Crippen molar-refractivity contribution >= 4 is 33.1 Å². The zero-order valence-electron chi connectivity index (χ0n) is 17.2. The molecule has 3 aromatic heterocycles. The van der Waals surface area contributed by atoms with E-state index in [0.29, 0.717) is 20.8 Å².